The van der Waals surface area contributed by atoms with E-state index in [0.29, 0.717) is 4.88 Å². The van der Waals surface area contributed by atoms with Crippen LogP contribution in [0, 0.1) is 0 Å². The molecule has 21 heavy (non-hydrogen) atoms. The highest BCUT2D eigenvalue weighted by atomic mass is 32.1. The van der Waals surface area contributed by atoms with E-state index in [-0.39, 0.29) is 24.4 Å². The fourth-order valence-electron chi connectivity index (χ4n) is 2.61. The Bertz CT molecular complexity index is 652. The van der Waals surface area contributed by atoms with Gasteiger partial charge in [0.25, 0.3) is 5.91 Å². The van der Waals surface area contributed by atoms with Crippen LogP contribution in [0.5, 0.6) is 0 Å². The Balaban J connectivity index is 1.52. The molecule has 1 heterocycles. The fraction of sp³-hybridized carbons (Fsp3) is 0.250. The predicted octanol–water partition coefficient (Wildman–Crippen LogP) is 2.28. The van der Waals surface area contributed by atoms with Crippen LogP contribution in [-0.2, 0) is 11.2 Å². The smallest absolute Gasteiger partial charge is 0.261 e. The zero-order valence-corrected chi connectivity index (χ0v) is 12.3. The lowest BCUT2D eigenvalue weighted by Crippen LogP contribution is -2.38. The monoisotopic (exact) mass is 300 g/mol. The average molecular weight is 300 g/mol. The Kier molecular flexibility index (Phi) is 4.01. The molecule has 0 radical (unpaired) electrons. The summed E-state index contributed by atoms with van der Waals surface area (Å²) in [5, 5.41) is 7.47. The molecule has 3 rings (SSSR count). The van der Waals surface area contributed by atoms with Crippen molar-refractivity contribution in [3.05, 3.63) is 57.8 Å². The van der Waals surface area contributed by atoms with Gasteiger partial charge in [-0.1, -0.05) is 30.3 Å². The molecule has 1 unspecified atom stereocenters. The van der Waals surface area contributed by atoms with Gasteiger partial charge in [0.15, 0.2) is 0 Å². The van der Waals surface area contributed by atoms with E-state index in [9.17, 15) is 9.59 Å². The molecule has 1 aliphatic rings. The number of carbonyl (C=O) groups excluding carboxylic acids is 2. The van der Waals surface area contributed by atoms with Gasteiger partial charge in [-0.3, -0.25) is 9.59 Å². The number of nitrogens with one attached hydrogen (secondary N) is 2. The molecule has 2 amide bonds. The summed E-state index contributed by atoms with van der Waals surface area (Å²) in [5.74, 6) is -0.353. The summed E-state index contributed by atoms with van der Waals surface area (Å²) < 4.78 is 0. The maximum atomic E-state index is 12.0. The van der Waals surface area contributed by atoms with Crippen LogP contribution in [0.4, 0.5) is 0 Å². The minimum absolute atomic E-state index is 0.00933. The molecule has 5 heteroatoms. The largest absolute Gasteiger partial charge is 0.348 e. The maximum absolute atomic E-state index is 12.0. The van der Waals surface area contributed by atoms with Crippen molar-refractivity contribution in [2.45, 2.75) is 18.9 Å². The van der Waals surface area contributed by atoms with Gasteiger partial charge in [0.05, 0.1) is 17.5 Å². The van der Waals surface area contributed by atoms with E-state index in [1.165, 1.54) is 22.5 Å². The summed E-state index contributed by atoms with van der Waals surface area (Å²) in [5.41, 5.74) is 2.49. The van der Waals surface area contributed by atoms with Crippen LogP contribution in [0.1, 0.15) is 33.3 Å². The molecule has 0 fully saturated rings. The number of carbonyl (C=O) groups is 2. The van der Waals surface area contributed by atoms with E-state index in [0.717, 1.165) is 12.8 Å². The first-order valence-corrected chi connectivity index (χ1v) is 7.81. The van der Waals surface area contributed by atoms with Crippen molar-refractivity contribution in [1.82, 2.24) is 10.6 Å². The lowest BCUT2D eigenvalue weighted by molar-refractivity contribution is -0.120. The number of amides is 2. The molecule has 0 saturated heterocycles. The molecule has 108 valence electrons. The normalized spacial score (nSPS) is 16.3. The average Bonchev–Trinajstić information content (AvgIpc) is 3.15. The third kappa shape index (κ3) is 3.13. The second-order valence-corrected chi connectivity index (χ2v) is 5.97. The van der Waals surface area contributed by atoms with Crippen molar-refractivity contribution < 1.29 is 9.59 Å². The molecule has 4 nitrogen and oxygen atoms in total. The Morgan fingerprint density at radius 1 is 1.19 bits per heavy atom. The second-order valence-electron chi connectivity index (χ2n) is 5.02. The summed E-state index contributed by atoms with van der Waals surface area (Å²) in [6, 6.07) is 11.8. The van der Waals surface area contributed by atoms with Gasteiger partial charge in [0.1, 0.15) is 0 Å². The van der Waals surface area contributed by atoms with Crippen LogP contribution < -0.4 is 10.6 Å². The molecule has 0 bridgehead atoms. The highest BCUT2D eigenvalue weighted by Gasteiger charge is 2.23. The van der Waals surface area contributed by atoms with Crippen molar-refractivity contribution in [2.24, 2.45) is 0 Å². The molecule has 1 aromatic heterocycles. The molecule has 0 saturated carbocycles. The third-order valence-electron chi connectivity index (χ3n) is 3.62. The number of hydrogen-bond acceptors (Lipinski definition) is 3. The molecule has 0 aliphatic heterocycles. The van der Waals surface area contributed by atoms with Gasteiger partial charge in [0.2, 0.25) is 5.91 Å². The zero-order valence-electron chi connectivity index (χ0n) is 11.5. The van der Waals surface area contributed by atoms with Gasteiger partial charge in [-0.15, -0.1) is 11.3 Å². The van der Waals surface area contributed by atoms with Crippen LogP contribution in [0.3, 0.4) is 0 Å². The predicted molar refractivity (Wildman–Crippen MR) is 82.3 cm³/mol. The van der Waals surface area contributed by atoms with Gasteiger partial charge in [-0.05, 0) is 35.4 Å². The van der Waals surface area contributed by atoms with E-state index in [4.69, 9.17) is 0 Å². The molecule has 1 atom stereocenters. The van der Waals surface area contributed by atoms with Crippen LogP contribution in [0.15, 0.2) is 41.8 Å². The Morgan fingerprint density at radius 2 is 2.05 bits per heavy atom. The topological polar surface area (TPSA) is 58.2 Å². The Labute approximate surface area is 127 Å². The summed E-state index contributed by atoms with van der Waals surface area (Å²) in [7, 11) is 0. The van der Waals surface area contributed by atoms with Crippen molar-refractivity contribution in [3.8, 4) is 0 Å². The van der Waals surface area contributed by atoms with Crippen molar-refractivity contribution in [3.63, 3.8) is 0 Å². The number of benzene rings is 1. The highest BCUT2D eigenvalue weighted by molar-refractivity contribution is 7.12. The van der Waals surface area contributed by atoms with E-state index >= 15 is 0 Å². The standard InChI is InChI=1S/C16H16N2O2S/c19-15(10-17-16(20)14-6-3-9-21-14)18-13-8-7-11-4-1-2-5-12(11)13/h1-6,9,13H,7-8,10H2,(H,17,20)(H,18,19). The number of fused-ring (bicyclic) bond motifs is 1. The number of rotatable bonds is 4. The number of hydrogen-bond donors (Lipinski definition) is 2. The van der Waals surface area contributed by atoms with Crippen LogP contribution in [0.2, 0.25) is 0 Å². The summed E-state index contributed by atoms with van der Waals surface area (Å²) in [6.07, 6.45) is 1.91. The van der Waals surface area contributed by atoms with Crippen LogP contribution in [-0.4, -0.2) is 18.4 Å². The first-order chi connectivity index (χ1) is 10.2. The van der Waals surface area contributed by atoms with Crippen molar-refractivity contribution in [1.29, 1.82) is 0 Å². The van der Waals surface area contributed by atoms with E-state index in [1.54, 1.807) is 6.07 Å². The molecular formula is C16H16N2O2S. The van der Waals surface area contributed by atoms with Crippen LogP contribution >= 0.6 is 11.3 Å². The third-order valence-corrected chi connectivity index (χ3v) is 4.49. The van der Waals surface area contributed by atoms with Gasteiger partial charge in [0, 0.05) is 0 Å². The fourth-order valence-corrected chi connectivity index (χ4v) is 3.25. The zero-order chi connectivity index (χ0) is 14.7. The molecular weight excluding hydrogens is 284 g/mol. The molecule has 1 aromatic carbocycles. The molecule has 2 N–H and O–H groups in total. The Hall–Kier alpha value is -2.14. The van der Waals surface area contributed by atoms with Crippen molar-refractivity contribution >= 4 is 23.2 Å². The van der Waals surface area contributed by atoms with Gasteiger partial charge < -0.3 is 10.6 Å². The van der Waals surface area contributed by atoms with E-state index in [1.807, 2.05) is 23.6 Å². The van der Waals surface area contributed by atoms with Gasteiger partial charge in [-0.25, -0.2) is 0 Å². The quantitative estimate of drug-likeness (QED) is 0.910. The molecule has 1 aliphatic carbocycles. The first kappa shape index (κ1) is 13.8. The minimum atomic E-state index is -0.202. The summed E-state index contributed by atoms with van der Waals surface area (Å²) in [6.45, 7) is 0.00933. The van der Waals surface area contributed by atoms with E-state index < -0.39 is 0 Å². The van der Waals surface area contributed by atoms with Crippen molar-refractivity contribution in [2.75, 3.05) is 6.54 Å². The SMILES string of the molecule is O=C(CNC(=O)c1cccs1)NC1CCc2ccccc21. The molecule has 0 spiro atoms. The lowest BCUT2D eigenvalue weighted by atomic mass is 10.1. The number of aryl methyl sites for hydroxylation is 1. The summed E-state index contributed by atoms with van der Waals surface area (Å²) in [4.78, 5) is 24.3. The summed E-state index contributed by atoms with van der Waals surface area (Å²) >= 11 is 1.36. The highest BCUT2D eigenvalue weighted by Crippen LogP contribution is 2.30. The first-order valence-electron chi connectivity index (χ1n) is 6.93. The lowest BCUT2D eigenvalue weighted by Gasteiger charge is -2.14. The maximum Gasteiger partial charge on any atom is 0.261 e. The van der Waals surface area contributed by atoms with Gasteiger partial charge in [-0.2, -0.15) is 0 Å². The molecule has 2 aromatic rings. The minimum Gasteiger partial charge on any atom is -0.348 e. The Morgan fingerprint density at radius 3 is 2.86 bits per heavy atom. The second kappa shape index (κ2) is 6.10. The number of thiophene rings is 1. The van der Waals surface area contributed by atoms with E-state index in [2.05, 4.69) is 22.8 Å². The van der Waals surface area contributed by atoms with Gasteiger partial charge >= 0.3 is 0 Å². The van der Waals surface area contributed by atoms with Crippen LogP contribution in [0.25, 0.3) is 0 Å².